The normalized spacial score (nSPS) is 11.6. The molecule has 0 fully saturated rings. The first-order valence-electron chi connectivity index (χ1n) is 11.8. The molecular weight excluding hydrogens is 444 g/mol. The third-order valence-corrected chi connectivity index (χ3v) is 6.93. The summed E-state index contributed by atoms with van der Waals surface area (Å²) in [7, 11) is 0. The van der Waals surface area contributed by atoms with Crippen LogP contribution in [-0.2, 0) is 0 Å². The maximum atomic E-state index is 11.5. The predicted octanol–water partition coefficient (Wildman–Crippen LogP) is 7.85. The monoisotopic (exact) mass is 464 g/mol. The Labute approximate surface area is 206 Å². The number of fused-ring (bicyclic) bond motifs is 7. The van der Waals surface area contributed by atoms with Gasteiger partial charge in [0.2, 0.25) is 0 Å². The van der Waals surface area contributed by atoms with Crippen LogP contribution in [-0.4, -0.2) is 20.6 Å². The summed E-state index contributed by atoms with van der Waals surface area (Å²) in [5, 5.41) is 16.2. The van der Waals surface area contributed by atoms with Crippen molar-refractivity contribution in [3.8, 4) is 17.1 Å². The molecule has 1 aromatic heterocycles. The first-order valence-corrected chi connectivity index (χ1v) is 11.8. The SMILES string of the molecule is O=C(O)c1ccc(-n2c(-c3cccc4ccccc34)nc3c4ccccc4c4ccccc4c32)cc1. The van der Waals surface area contributed by atoms with E-state index >= 15 is 0 Å². The molecule has 0 atom stereocenters. The average molecular weight is 465 g/mol. The van der Waals surface area contributed by atoms with E-state index in [1.807, 2.05) is 24.3 Å². The Morgan fingerprint density at radius 3 is 1.92 bits per heavy atom. The fourth-order valence-electron chi connectivity index (χ4n) is 5.31. The number of imidazole rings is 1. The standard InChI is InChI=1S/C32H20N2O2/c35-32(36)21-16-18-22(19-17-21)34-30-27-14-6-4-12-25(27)24-11-3-5-13-26(24)29(30)33-31(34)28-15-7-9-20-8-1-2-10-23(20)28/h1-19H,(H,35,36). The van der Waals surface area contributed by atoms with E-state index in [2.05, 4.69) is 83.4 Å². The van der Waals surface area contributed by atoms with E-state index in [9.17, 15) is 9.90 Å². The molecule has 1 N–H and O–H groups in total. The number of nitrogens with zero attached hydrogens (tertiary/aromatic N) is 2. The highest BCUT2D eigenvalue weighted by Gasteiger charge is 2.21. The summed E-state index contributed by atoms with van der Waals surface area (Å²) < 4.78 is 2.18. The lowest BCUT2D eigenvalue weighted by Gasteiger charge is -2.13. The quantitative estimate of drug-likeness (QED) is 0.271. The highest BCUT2D eigenvalue weighted by Crippen LogP contribution is 2.40. The molecule has 4 nitrogen and oxygen atoms in total. The van der Waals surface area contributed by atoms with Crippen LogP contribution >= 0.6 is 0 Å². The van der Waals surface area contributed by atoms with Gasteiger partial charge >= 0.3 is 5.97 Å². The van der Waals surface area contributed by atoms with E-state index in [4.69, 9.17) is 4.98 Å². The van der Waals surface area contributed by atoms with Gasteiger partial charge in [-0.05, 0) is 45.8 Å². The number of rotatable bonds is 3. The van der Waals surface area contributed by atoms with Gasteiger partial charge in [-0.2, -0.15) is 0 Å². The largest absolute Gasteiger partial charge is 0.478 e. The van der Waals surface area contributed by atoms with Crippen LogP contribution in [0.1, 0.15) is 10.4 Å². The molecule has 0 spiro atoms. The molecule has 0 bridgehead atoms. The first kappa shape index (κ1) is 20.4. The van der Waals surface area contributed by atoms with E-state index in [1.165, 1.54) is 0 Å². The zero-order chi connectivity index (χ0) is 24.2. The van der Waals surface area contributed by atoms with Crippen LogP contribution in [0.15, 0.2) is 115 Å². The van der Waals surface area contributed by atoms with E-state index in [0.717, 1.165) is 60.4 Å². The summed E-state index contributed by atoms with van der Waals surface area (Å²) in [5.41, 5.74) is 4.08. The highest BCUT2D eigenvalue weighted by atomic mass is 16.4. The zero-order valence-electron chi connectivity index (χ0n) is 19.2. The van der Waals surface area contributed by atoms with Gasteiger partial charge in [0.15, 0.2) is 0 Å². The molecule has 0 unspecified atom stereocenters. The summed E-state index contributed by atoms with van der Waals surface area (Å²) in [4.78, 5) is 16.8. The van der Waals surface area contributed by atoms with Crippen LogP contribution in [0.25, 0.3) is 60.4 Å². The molecule has 4 heteroatoms. The second kappa shape index (κ2) is 7.79. The zero-order valence-corrected chi connectivity index (χ0v) is 19.2. The Morgan fingerprint density at radius 2 is 1.19 bits per heavy atom. The molecule has 36 heavy (non-hydrogen) atoms. The smallest absolute Gasteiger partial charge is 0.335 e. The van der Waals surface area contributed by atoms with Crippen molar-refractivity contribution in [3.63, 3.8) is 0 Å². The Hall–Kier alpha value is -4.96. The molecule has 170 valence electrons. The minimum Gasteiger partial charge on any atom is -0.478 e. The van der Waals surface area contributed by atoms with Gasteiger partial charge in [0.1, 0.15) is 5.82 Å². The number of hydrogen-bond donors (Lipinski definition) is 1. The van der Waals surface area contributed by atoms with Crippen molar-refractivity contribution in [3.05, 3.63) is 121 Å². The summed E-state index contributed by atoms with van der Waals surface area (Å²) in [6.07, 6.45) is 0. The van der Waals surface area contributed by atoms with Gasteiger partial charge in [-0.3, -0.25) is 4.57 Å². The summed E-state index contributed by atoms with van der Waals surface area (Å²) >= 11 is 0. The number of carboxylic acids is 1. The number of hydrogen-bond acceptors (Lipinski definition) is 2. The van der Waals surface area contributed by atoms with Crippen molar-refractivity contribution < 1.29 is 9.90 Å². The van der Waals surface area contributed by atoms with Crippen molar-refractivity contribution in [1.29, 1.82) is 0 Å². The van der Waals surface area contributed by atoms with Gasteiger partial charge < -0.3 is 5.11 Å². The second-order valence-electron chi connectivity index (χ2n) is 8.94. The minimum absolute atomic E-state index is 0.255. The topological polar surface area (TPSA) is 55.1 Å². The van der Waals surface area contributed by atoms with E-state index in [0.29, 0.717) is 0 Å². The predicted molar refractivity (Wildman–Crippen MR) is 146 cm³/mol. The Morgan fingerprint density at radius 1 is 0.611 bits per heavy atom. The van der Waals surface area contributed by atoms with Gasteiger partial charge in [-0.25, -0.2) is 9.78 Å². The number of benzene rings is 6. The summed E-state index contributed by atoms with van der Waals surface area (Å²) in [6, 6.07) is 38.4. The Balaban J connectivity index is 1.70. The molecule has 1 heterocycles. The van der Waals surface area contributed by atoms with Crippen LogP contribution in [0.2, 0.25) is 0 Å². The van der Waals surface area contributed by atoms with Crippen LogP contribution in [0.3, 0.4) is 0 Å². The van der Waals surface area contributed by atoms with Gasteiger partial charge in [-0.1, -0.05) is 91.0 Å². The lowest BCUT2D eigenvalue weighted by Crippen LogP contribution is -2.01. The Bertz CT molecular complexity index is 1960. The number of carbonyl (C=O) groups is 1. The fraction of sp³-hybridized carbons (Fsp3) is 0. The maximum Gasteiger partial charge on any atom is 0.335 e. The van der Waals surface area contributed by atoms with Crippen molar-refractivity contribution in [1.82, 2.24) is 9.55 Å². The second-order valence-corrected chi connectivity index (χ2v) is 8.94. The molecule has 0 saturated carbocycles. The molecule has 0 saturated heterocycles. The fourth-order valence-corrected chi connectivity index (χ4v) is 5.31. The van der Waals surface area contributed by atoms with Crippen LogP contribution in [0.5, 0.6) is 0 Å². The molecule has 6 aromatic carbocycles. The molecule has 0 aliphatic carbocycles. The van der Waals surface area contributed by atoms with Gasteiger partial charge in [0.05, 0.1) is 16.6 Å². The lowest BCUT2D eigenvalue weighted by atomic mass is 10.00. The highest BCUT2D eigenvalue weighted by molar-refractivity contribution is 6.24. The number of aromatic carboxylic acids is 1. The average Bonchev–Trinajstić information content (AvgIpc) is 3.34. The summed E-state index contributed by atoms with van der Waals surface area (Å²) in [5.74, 6) is -0.117. The van der Waals surface area contributed by atoms with Crippen molar-refractivity contribution in [2.75, 3.05) is 0 Å². The van der Waals surface area contributed by atoms with E-state index in [-0.39, 0.29) is 5.56 Å². The van der Waals surface area contributed by atoms with E-state index < -0.39 is 5.97 Å². The van der Waals surface area contributed by atoms with Crippen molar-refractivity contribution in [2.24, 2.45) is 0 Å². The molecular formula is C32H20N2O2. The molecule has 0 aliphatic rings. The Kier molecular flexibility index (Phi) is 4.42. The minimum atomic E-state index is -0.942. The third kappa shape index (κ3) is 2.95. The van der Waals surface area contributed by atoms with Gasteiger partial charge in [0.25, 0.3) is 0 Å². The molecule has 0 aliphatic heterocycles. The van der Waals surface area contributed by atoms with Crippen LogP contribution in [0, 0.1) is 0 Å². The third-order valence-electron chi connectivity index (χ3n) is 6.93. The van der Waals surface area contributed by atoms with Crippen LogP contribution < -0.4 is 0 Å². The van der Waals surface area contributed by atoms with Crippen LogP contribution in [0.4, 0.5) is 0 Å². The number of carboxylic acid groups (broad SMARTS) is 1. The van der Waals surface area contributed by atoms with Gasteiger partial charge in [-0.15, -0.1) is 0 Å². The molecule has 0 amide bonds. The summed E-state index contributed by atoms with van der Waals surface area (Å²) in [6.45, 7) is 0. The number of aromatic nitrogens is 2. The van der Waals surface area contributed by atoms with Crippen molar-refractivity contribution >= 4 is 49.3 Å². The molecule has 7 aromatic rings. The van der Waals surface area contributed by atoms with Gasteiger partial charge in [0, 0.05) is 22.0 Å². The van der Waals surface area contributed by atoms with Crippen molar-refractivity contribution in [2.45, 2.75) is 0 Å². The lowest BCUT2D eigenvalue weighted by molar-refractivity contribution is 0.0697. The molecule has 7 rings (SSSR count). The maximum absolute atomic E-state index is 11.5. The first-order chi connectivity index (χ1) is 17.7. The molecule has 0 radical (unpaired) electrons. The van der Waals surface area contributed by atoms with E-state index in [1.54, 1.807) is 12.1 Å².